The number of hydrogen-bond acceptors (Lipinski definition) is 4. The molecule has 0 heterocycles. The van der Waals surface area contributed by atoms with E-state index in [1.165, 1.54) is 0 Å². The van der Waals surface area contributed by atoms with Crippen LogP contribution in [0.4, 0.5) is 0 Å². The molecule has 4 nitrogen and oxygen atoms in total. The summed E-state index contributed by atoms with van der Waals surface area (Å²) < 4.78 is 20.8. The van der Waals surface area contributed by atoms with Crippen molar-refractivity contribution in [3.63, 3.8) is 0 Å². The highest BCUT2D eigenvalue weighted by atomic mass is 28.4. The summed E-state index contributed by atoms with van der Waals surface area (Å²) in [6.45, 7) is 23.4. The van der Waals surface area contributed by atoms with Crippen molar-refractivity contribution >= 4 is 17.0 Å². The third-order valence-corrected chi connectivity index (χ3v) is 15.4. The van der Waals surface area contributed by atoms with E-state index in [0.29, 0.717) is 36.4 Å². The lowest BCUT2D eigenvalue weighted by molar-refractivity contribution is 0.0701. The van der Waals surface area contributed by atoms with Gasteiger partial charge in [-0.3, -0.25) is 0 Å². The molecular weight excluding hydrogens is 334 g/mol. The summed E-state index contributed by atoms with van der Waals surface area (Å²) >= 11 is 0. The average molecular weight is 378 g/mol. The zero-order valence-electron chi connectivity index (χ0n) is 17.9. The normalized spacial score (nSPS) is 13.8. The van der Waals surface area contributed by atoms with Crippen LogP contribution in [0.1, 0.15) is 62.3 Å². The second-order valence-corrected chi connectivity index (χ2v) is 16.2. The first-order chi connectivity index (χ1) is 11.1. The van der Waals surface area contributed by atoms with Gasteiger partial charge in [-0.05, 0) is 51.0 Å². The van der Waals surface area contributed by atoms with E-state index in [1.807, 2.05) is 20.8 Å². The average Bonchev–Trinajstić information content (AvgIpc) is 2.45. The van der Waals surface area contributed by atoms with Crippen molar-refractivity contribution in [2.75, 3.05) is 33.4 Å². The number of nitrogens with zero attached hydrogens (tertiary/aromatic N) is 1. The van der Waals surface area contributed by atoms with E-state index in [-0.39, 0.29) is 0 Å². The molecule has 0 unspecified atom stereocenters. The van der Waals surface area contributed by atoms with Gasteiger partial charge in [-0.15, -0.1) is 0 Å². The fourth-order valence-corrected chi connectivity index (χ4v) is 14.8. The molecule has 24 heavy (non-hydrogen) atoms. The molecule has 0 aliphatic carbocycles. The van der Waals surface area contributed by atoms with Crippen LogP contribution >= 0.6 is 0 Å². The molecule has 0 fully saturated rings. The molecule has 0 radical (unpaired) electrons. The van der Waals surface area contributed by atoms with Crippen LogP contribution in [0.15, 0.2) is 0 Å². The second kappa shape index (κ2) is 11.1. The van der Waals surface area contributed by atoms with E-state index in [4.69, 9.17) is 13.3 Å². The van der Waals surface area contributed by atoms with Gasteiger partial charge in [0, 0.05) is 25.9 Å². The van der Waals surface area contributed by atoms with Gasteiger partial charge in [-0.1, -0.05) is 41.5 Å². The van der Waals surface area contributed by atoms with Gasteiger partial charge in [-0.25, -0.2) is 0 Å². The monoisotopic (exact) mass is 377 g/mol. The van der Waals surface area contributed by atoms with Crippen molar-refractivity contribution in [1.29, 1.82) is 0 Å². The van der Waals surface area contributed by atoms with Crippen molar-refractivity contribution in [2.45, 2.75) is 85.0 Å². The van der Waals surface area contributed by atoms with E-state index in [2.05, 4.69) is 53.2 Å². The highest BCUT2D eigenvalue weighted by Gasteiger charge is 2.48. The largest absolute Gasteiger partial charge is 0.502 e. The Labute approximate surface area is 153 Å². The van der Waals surface area contributed by atoms with Crippen LogP contribution in [0.3, 0.4) is 0 Å². The molecule has 0 atom stereocenters. The molecular formula is C18H43NO3Si2. The lowest BCUT2D eigenvalue weighted by Gasteiger charge is -2.50. The van der Waals surface area contributed by atoms with Crippen LogP contribution in [0.25, 0.3) is 0 Å². The summed E-state index contributed by atoms with van der Waals surface area (Å²) in [5.41, 5.74) is 2.14. The maximum Gasteiger partial charge on any atom is 0.502 e. The zero-order chi connectivity index (χ0) is 19.0. The van der Waals surface area contributed by atoms with Gasteiger partial charge < -0.3 is 17.8 Å². The maximum absolute atomic E-state index is 6.04. The van der Waals surface area contributed by atoms with E-state index in [0.717, 1.165) is 12.6 Å². The van der Waals surface area contributed by atoms with Crippen LogP contribution in [0.2, 0.25) is 22.7 Å². The maximum atomic E-state index is 6.04. The van der Waals surface area contributed by atoms with Gasteiger partial charge in [0.1, 0.15) is 8.24 Å². The minimum atomic E-state index is -2.56. The van der Waals surface area contributed by atoms with Gasteiger partial charge in [-0.2, -0.15) is 0 Å². The van der Waals surface area contributed by atoms with Crippen LogP contribution in [-0.4, -0.2) is 55.0 Å². The molecule has 0 spiro atoms. The first-order valence-corrected chi connectivity index (χ1v) is 13.9. The van der Waals surface area contributed by atoms with Crippen LogP contribution in [0.5, 0.6) is 0 Å². The first kappa shape index (κ1) is 24.3. The SMILES string of the molecule is CCO[Si](CCN(C)[Si](C(C)C)(C(C)C)C(C)C)(OCC)OCC. The van der Waals surface area contributed by atoms with Crippen molar-refractivity contribution < 1.29 is 13.3 Å². The minimum absolute atomic E-state index is 0.650. The highest BCUT2D eigenvalue weighted by Crippen LogP contribution is 2.43. The third-order valence-electron chi connectivity index (χ3n) is 5.28. The fourth-order valence-electron chi connectivity index (χ4n) is 4.82. The Balaban J connectivity index is 5.37. The molecule has 0 saturated heterocycles. The quantitative estimate of drug-likeness (QED) is 0.416. The van der Waals surface area contributed by atoms with Crippen molar-refractivity contribution in [3.8, 4) is 0 Å². The Hall–Kier alpha value is 0.274. The molecule has 0 saturated carbocycles. The molecule has 0 aromatic heterocycles. The van der Waals surface area contributed by atoms with Crippen molar-refractivity contribution in [1.82, 2.24) is 4.57 Å². The molecule has 0 amide bonds. The summed E-state index contributed by atoms with van der Waals surface area (Å²) in [7, 11) is -1.86. The van der Waals surface area contributed by atoms with E-state index < -0.39 is 17.0 Å². The van der Waals surface area contributed by atoms with E-state index >= 15 is 0 Å². The summed E-state index contributed by atoms with van der Waals surface area (Å²) in [6.07, 6.45) is 0. The van der Waals surface area contributed by atoms with Gasteiger partial charge in [0.25, 0.3) is 0 Å². The molecule has 6 heteroatoms. The molecule has 0 N–H and O–H groups in total. The van der Waals surface area contributed by atoms with Crippen LogP contribution < -0.4 is 0 Å². The van der Waals surface area contributed by atoms with Crippen LogP contribution in [0, 0.1) is 0 Å². The zero-order valence-corrected chi connectivity index (χ0v) is 19.9. The lowest BCUT2D eigenvalue weighted by atomic mass is 10.5. The number of hydrogen-bond donors (Lipinski definition) is 0. The molecule has 0 aromatic rings. The molecule has 0 aliphatic heterocycles. The molecule has 0 bridgehead atoms. The Morgan fingerprint density at radius 3 is 1.29 bits per heavy atom. The summed E-state index contributed by atoms with van der Waals surface area (Å²) in [5.74, 6) is 0. The standard InChI is InChI=1S/C18H43NO3Si2/c1-11-20-23(21-12-2,22-13-3)15-14-19(10)24(16(4)5,17(6)7)18(8)9/h16-18H,11-15H2,1-10H3. The van der Waals surface area contributed by atoms with E-state index in [1.54, 1.807) is 0 Å². The molecule has 146 valence electrons. The smallest absolute Gasteiger partial charge is 0.374 e. The van der Waals surface area contributed by atoms with Gasteiger partial charge >= 0.3 is 8.80 Å². The van der Waals surface area contributed by atoms with Gasteiger partial charge in [0.2, 0.25) is 0 Å². The van der Waals surface area contributed by atoms with Crippen molar-refractivity contribution in [3.05, 3.63) is 0 Å². The highest BCUT2D eigenvalue weighted by molar-refractivity contribution is 6.81. The first-order valence-electron chi connectivity index (χ1n) is 9.77. The predicted molar refractivity (Wildman–Crippen MR) is 109 cm³/mol. The molecule has 0 aromatic carbocycles. The predicted octanol–water partition coefficient (Wildman–Crippen LogP) is 5.14. The topological polar surface area (TPSA) is 30.9 Å². The minimum Gasteiger partial charge on any atom is -0.374 e. The molecule has 0 aliphatic rings. The Morgan fingerprint density at radius 2 is 1.04 bits per heavy atom. The number of rotatable bonds is 13. The molecule has 0 rings (SSSR count). The van der Waals surface area contributed by atoms with Crippen molar-refractivity contribution in [2.24, 2.45) is 0 Å². The summed E-state index contributed by atoms with van der Waals surface area (Å²) in [5, 5.41) is 0. The third kappa shape index (κ3) is 5.64. The van der Waals surface area contributed by atoms with Gasteiger partial charge in [0.15, 0.2) is 0 Å². The summed E-state index contributed by atoms with van der Waals surface area (Å²) in [6, 6.07) is 0.875. The van der Waals surface area contributed by atoms with E-state index in [9.17, 15) is 0 Å². The van der Waals surface area contributed by atoms with Gasteiger partial charge in [0.05, 0.1) is 0 Å². The Morgan fingerprint density at radius 1 is 0.708 bits per heavy atom. The lowest BCUT2D eigenvalue weighted by Crippen LogP contribution is -2.60. The second-order valence-electron chi connectivity index (χ2n) is 7.51. The summed E-state index contributed by atoms with van der Waals surface area (Å²) in [4.78, 5) is 0. The Kier molecular flexibility index (Phi) is 11.2. The fraction of sp³-hybridized carbons (Fsp3) is 1.00. The van der Waals surface area contributed by atoms with Crippen LogP contribution in [-0.2, 0) is 13.3 Å². The Bertz CT molecular complexity index is 299.